The highest BCUT2D eigenvalue weighted by Gasteiger charge is 2.34. The molecule has 0 heterocycles. The van der Waals surface area contributed by atoms with Crippen LogP contribution in [0.3, 0.4) is 0 Å². The monoisotopic (exact) mass is 284 g/mol. The molecule has 2 aromatic carbocycles. The molecule has 2 atom stereocenters. The molecular formula is C18H21OP. The summed E-state index contributed by atoms with van der Waals surface area (Å²) in [6.07, 6.45) is 3.69. The van der Waals surface area contributed by atoms with Gasteiger partial charge in [-0.25, -0.2) is 0 Å². The Hall–Kier alpha value is -1.17. The van der Waals surface area contributed by atoms with E-state index in [0.717, 1.165) is 0 Å². The van der Waals surface area contributed by atoms with Crippen LogP contribution in [-0.4, -0.2) is 17.4 Å². The van der Waals surface area contributed by atoms with Gasteiger partial charge in [-0.1, -0.05) is 67.1 Å². The molecule has 0 spiro atoms. The van der Waals surface area contributed by atoms with Crippen LogP contribution in [-0.2, 0) is 0 Å². The third-order valence-electron chi connectivity index (χ3n) is 4.25. The van der Waals surface area contributed by atoms with Gasteiger partial charge in [-0.3, -0.25) is 0 Å². The number of rotatable bonds is 4. The van der Waals surface area contributed by atoms with Gasteiger partial charge in [0.25, 0.3) is 0 Å². The second-order valence-electron chi connectivity index (χ2n) is 5.48. The summed E-state index contributed by atoms with van der Waals surface area (Å²) >= 11 is 0. The molecular weight excluding hydrogens is 263 g/mol. The molecule has 0 bridgehead atoms. The Balaban J connectivity index is 2.00. The molecule has 0 amide bonds. The van der Waals surface area contributed by atoms with Crippen LogP contribution in [0, 0.1) is 5.92 Å². The van der Waals surface area contributed by atoms with Crippen molar-refractivity contribution in [2.75, 3.05) is 6.61 Å². The van der Waals surface area contributed by atoms with Crippen molar-refractivity contribution in [1.82, 2.24) is 0 Å². The zero-order chi connectivity index (χ0) is 13.8. The average Bonchev–Trinajstić information content (AvgIpc) is 2.98. The van der Waals surface area contributed by atoms with Crippen LogP contribution in [0.15, 0.2) is 60.7 Å². The van der Waals surface area contributed by atoms with Crippen molar-refractivity contribution in [3.05, 3.63) is 60.7 Å². The van der Waals surface area contributed by atoms with Gasteiger partial charge in [-0.15, -0.1) is 0 Å². The van der Waals surface area contributed by atoms with Crippen molar-refractivity contribution < 1.29 is 5.11 Å². The van der Waals surface area contributed by atoms with Crippen molar-refractivity contribution in [3.63, 3.8) is 0 Å². The Labute approximate surface area is 122 Å². The Bertz CT molecular complexity index is 486. The SMILES string of the molecule is OC[C@H]1CCC[C@H]1P(c1ccccc1)c1ccccc1. The summed E-state index contributed by atoms with van der Waals surface area (Å²) in [5.41, 5.74) is 0.625. The average molecular weight is 284 g/mol. The summed E-state index contributed by atoms with van der Waals surface area (Å²) in [6.45, 7) is 0.336. The number of benzene rings is 2. The van der Waals surface area contributed by atoms with Crippen LogP contribution in [0.2, 0.25) is 0 Å². The zero-order valence-electron chi connectivity index (χ0n) is 11.7. The minimum atomic E-state index is -0.357. The van der Waals surface area contributed by atoms with E-state index < -0.39 is 0 Å². The third-order valence-corrected chi connectivity index (χ3v) is 7.31. The van der Waals surface area contributed by atoms with Crippen LogP contribution < -0.4 is 10.6 Å². The molecule has 1 fully saturated rings. The maximum Gasteiger partial charge on any atom is 0.0465 e. The Morgan fingerprint density at radius 3 is 1.90 bits per heavy atom. The van der Waals surface area contributed by atoms with Crippen LogP contribution >= 0.6 is 7.92 Å². The van der Waals surface area contributed by atoms with Gasteiger partial charge in [0.1, 0.15) is 0 Å². The largest absolute Gasteiger partial charge is 0.396 e. The maximum absolute atomic E-state index is 9.69. The van der Waals surface area contributed by atoms with E-state index in [0.29, 0.717) is 18.2 Å². The fourth-order valence-electron chi connectivity index (χ4n) is 3.28. The molecule has 0 unspecified atom stereocenters. The minimum Gasteiger partial charge on any atom is -0.396 e. The summed E-state index contributed by atoms with van der Waals surface area (Å²) in [5, 5.41) is 12.6. The van der Waals surface area contributed by atoms with Crippen LogP contribution in [0.1, 0.15) is 19.3 Å². The van der Waals surface area contributed by atoms with E-state index in [1.807, 2.05) is 0 Å². The van der Waals surface area contributed by atoms with Gasteiger partial charge in [-0.05, 0) is 42.9 Å². The number of hydrogen-bond acceptors (Lipinski definition) is 1. The molecule has 104 valence electrons. The quantitative estimate of drug-likeness (QED) is 0.854. The van der Waals surface area contributed by atoms with E-state index in [9.17, 15) is 5.11 Å². The van der Waals surface area contributed by atoms with Gasteiger partial charge < -0.3 is 5.11 Å². The Kier molecular flexibility index (Phi) is 4.50. The highest BCUT2D eigenvalue weighted by atomic mass is 31.1. The third kappa shape index (κ3) is 2.80. The molecule has 0 saturated heterocycles. The lowest BCUT2D eigenvalue weighted by molar-refractivity contribution is 0.232. The highest BCUT2D eigenvalue weighted by molar-refractivity contribution is 7.73. The molecule has 1 nitrogen and oxygen atoms in total. The summed E-state index contributed by atoms with van der Waals surface area (Å²) in [4.78, 5) is 0. The van der Waals surface area contributed by atoms with Crippen LogP contribution in [0.4, 0.5) is 0 Å². The minimum absolute atomic E-state index is 0.336. The first kappa shape index (κ1) is 13.8. The van der Waals surface area contributed by atoms with E-state index in [-0.39, 0.29) is 7.92 Å². The van der Waals surface area contributed by atoms with Gasteiger partial charge in [0, 0.05) is 6.61 Å². The normalized spacial score (nSPS) is 22.3. The van der Waals surface area contributed by atoms with E-state index in [1.54, 1.807) is 0 Å². The Morgan fingerprint density at radius 1 is 0.850 bits per heavy atom. The lowest BCUT2D eigenvalue weighted by atomic mass is 10.1. The fraction of sp³-hybridized carbons (Fsp3) is 0.333. The number of hydrogen-bond donors (Lipinski definition) is 1. The summed E-state index contributed by atoms with van der Waals surface area (Å²) in [5.74, 6) is 0.474. The summed E-state index contributed by atoms with van der Waals surface area (Å²) < 4.78 is 0. The first-order chi connectivity index (χ1) is 9.90. The van der Waals surface area contributed by atoms with Gasteiger partial charge in [-0.2, -0.15) is 0 Å². The molecule has 3 rings (SSSR count). The first-order valence-corrected chi connectivity index (χ1v) is 8.81. The second kappa shape index (κ2) is 6.52. The van der Waals surface area contributed by atoms with Gasteiger partial charge in [0.2, 0.25) is 0 Å². The molecule has 20 heavy (non-hydrogen) atoms. The fourth-order valence-corrected chi connectivity index (χ4v) is 6.44. The van der Waals surface area contributed by atoms with Crippen LogP contribution in [0.25, 0.3) is 0 Å². The summed E-state index contributed by atoms with van der Waals surface area (Å²) in [7, 11) is -0.357. The molecule has 0 radical (unpaired) electrons. The number of aliphatic hydroxyl groups is 1. The van der Waals surface area contributed by atoms with Gasteiger partial charge >= 0.3 is 0 Å². The molecule has 0 aliphatic heterocycles. The summed E-state index contributed by atoms with van der Waals surface area (Å²) in [6, 6.07) is 21.7. The van der Waals surface area contributed by atoms with E-state index >= 15 is 0 Å². The van der Waals surface area contributed by atoms with E-state index in [2.05, 4.69) is 60.7 Å². The first-order valence-electron chi connectivity index (χ1n) is 7.40. The Morgan fingerprint density at radius 2 is 1.40 bits per heavy atom. The molecule has 1 aliphatic carbocycles. The molecule has 2 heteroatoms. The predicted octanol–water partition coefficient (Wildman–Crippen LogP) is 3.28. The smallest absolute Gasteiger partial charge is 0.0465 e. The van der Waals surface area contributed by atoms with Gasteiger partial charge in [0.05, 0.1) is 0 Å². The van der Waals surface area contributed by atoms with Crippen LogP contribution in [0.5, 0.6) is 0 Å². The zero-order valence-corrected chi connectivity index (χ0v) is 12.5. The van der Waals surface area contributed by atoms with Crippen molar-refractivity contribution >= 4 is 18.5 Å². The predicted molar refractivity (Wildman–Crippen MR) is 87.3 cm³/mol. The lowest BCUT2D eigenvalue weighted by Crippen LogP contribution is -2.26. The topological polar surface area (TPSA) is 20.2 Å². The molecule has 1 saturated carbocycles. The van der Waals surface area contributed by atoms with E-state index in [1.165, 1.54) is 29.9 Å². The van der Waals surface area contributed by atoms with Crippen molar-refractivity contribution in [3.8, 4) is 0 Å². The highest BCUT2D eigenvalue weighted by Crippen LogP contribution is 2.49. The molecule has 1 N–H and O–H groups in total. The standard InChI is InChI=1S/C18H21OP/c19-14-15-8-7-13-18(15)20(16-9-3-1-4-10-16)17-11-5-2-6-12-17/h1-6,9-12,15,18-19H,7-8,13-14H2/t15-,18-/m1/s1. The molecule has 0 aromatic heterocycles. The van der Waals surface area contributed by atoms with Crippen molar-refractivity contribution in [1.29, 1.82) is 0 Å². The maximum atomic E-state index is 9.69. The molecule has 1 aliphatic rings. The van der Waals surface area contributed by atoms with Gasteiger partial charge in [0.15, 0.2) is 0 Å². The van der Waals surface area contributed by atoms with Crippen molar-refractivity contribution in [2.24, 2.45) is 5.92 Å². The molecule has 2 aromatic rings. The van der Waals surface area contributed by atoms with E-state index in [4.69, 9.17) is 0 Å². The lowest BCUT2D eigenvalue weighted by Gasteiger charge is -2.29. The number of aliphatic hydroxyl groups excluding tert-OH is 1. The second-order valence-corrected chi connectivity index (χ2v) is 7.92. The van der Waals surface area contributed by atoms with Crippen molar-refractivity contribution in [2.45, 2.75) is 24.9 Å².